The summed E-state index contributed by atoms with van der Waals surface area (Å²) in [5.74, 6) is -0.217. The van der Waals surface area contributed by atoms with E-state index in [9.17, 15) is 4.79 Å². The van der Waals surface area contributed by atoms with Gasteiger partial charge in [0.1, 0.15) is 5.82 Å². The third-order valence-electron chi connectivity index (χ3n) is 2.40. The molecule has 0 bridgehead atoms. The molecule has 0 aliphatic carbocycles. The Morgan fingerprint density at radius 2 is 2.17 bits per heavy atom. The number of carboxylic acid groups (broad SMARTS) is 1. The van der Waals surface area contributed by atoms with Crippen LogP contribution >= 0.6 is 23.2 Å². The number of halogens is 2. The Hall–Kier alpha value is -1.52. The molecular weight excluding hydrogens is 275 g/mol. The first-order valence-corrected chi connectivity index (χ1v) is 5.98. The number of hydrogen-bond acceptors (Lipinski definition) is 2. The third kappa shape index (κ3) is 3.24. The molecule has 6 heteroatoms. The maximum Gasteiger partial charge on any atom is 0.309 e. The molecule has 0 aliphatic heterocycles. The lowest BCUT2D eigenvalue weighted by molar-refractivity contribution is -0.136. The monoisotopic (exact) mass is 284 g/mol. The molecule has 0 amide bonds. The van der Waals surface area contributed by atoms with Gasteiger partial charge in [-0.05, 0) is 17.7 Å². The van der Waals surface area contributed by atoms with Crippen molar-refractivity contribution >= 4 is 29.2 Å². The van der Waals surface area contributed by atoms with Gasteiger partial charge in [-0.15, -0.1) is 0 Å². The Bertz CT molecular complexity index is 581. The Morgan fingerprint density at radius 3 is 2.83 bits per heavy atom. The van der Waals surface area contributed by atoms with E-state index >= 15 is 0 Å². The Morgan fingerprint density at radius 1 is 1.39 bits per heavy atom. The fourth-order valence-corrected chi connectivity index (χ4v) is 2.07. The molecule has 2 rings (SSSR count). The van der Waals surface area contributed by atoms with E-state index < -0.39 is 5.97 Å². The molecule has 2 N–H and O–H groups in total. The first kappa shape index (κ1) is 12.9. The van der Waals surface area contributed by atoms with Crippen LogP contribution in [0.15, 0.2) is 24.4 Å². The predicted molar refractivity (Wildman–Crippen MR) is 69.2 cm³/mol. The smallest absolute Gasteiger partial charge is 0.309 e. The van der Waals surface area contributed by atoms with Gasteiger partial charge in [0.15, 0.2) is 0 Å². The van der Waals surface area contributed by atoms with Gasteiger partial charge in [0.25, 0.3) is 0 Å². The van der Waals surface area contributed by atoms with Crippen molar-refractivity contribution in [3.05, 3.63) is 51.5 Å². The summed E-state index contributed by atoms with van der Waals surface area (Å²) in [6.07, 6.45) is 1.96. The van der Waals surface area contributed by atoms with E-state index in [1.54, 1.807) is 12.1 Å². The molecule has 0 fully saturated rings. The maximum atomic E-state index is 10.5. The number of hydrogen-bond donors (Lipinski definition) is 2. The molecule has 4 nitrogen and oxygen atoms in total. The largest absolute Gasteiger partial charge is 0.481 e. The van der Waals surface area contributed by atoms with Crippen LogP contribution in [-0.2, 0) is 17.6 Å². The summed E-state index contributed by atoms with van der Waals surface area (Å²) in [6.45, 7) is 0. The molecule has 0 spiro atoms. The van der Waals surface area contributed by atoms with Crippen molar-refractivity contribution in [3.63, 3.8) is 0 Å². The summed E-state index contributed by atoms with van der Waals surface area (Å²) in [5.41, 5.74) is 1.46. The summed E-state index contributed by atoms with van der Waals surface area (Å²) in [7, 11) is 0. The molecular formula is C12H10Cl2N2O2. The number of nitrogens with one attached hydrogen (secondary N) is 1. The average Bonchev–Trinajstić information content (AvgIpc) is 2.69. The van der Waals surface area contributed by atoms with Crippen molar-refractivity contribution in [2.75, 3.05) is 0 Å². The van der Waals surface area contributed by atoms with E-state index in [1.807, 2.05) is 6.07 Å². The molecule has 0 radical (unpaired) electrons. The zero-order valence-electron chi connectivity index (χ0n) is 9.28. The number of aromatic nitrogens is 2. The average molecular weight is 285 g/mol. The van der Waals surface area contributed by atoms with Crippen molar-refractivity contribution in [3.8, 4) is 0 Å². The van der Waals surface area contributed by atoms with Gasteiger partial charge in [-0.2, -0.15) is 0 Å². The van der Waals surface area contributed by atoms with Crippen LogP contribution in [0.3, 0.4) is 0 Å². The van der Waals surface area contributed by atoms with E-state index in [2.05, 4.69) is 9.97 Å². The van der Waals surface area contributed by atoms with Gasteiger partial charge in [-0.1, -0.05) is 29.3 Å². The number of aromatic amines is 1. The molecule has 94 valence electrons. The van der Waals surface area contributed by atoms with Gasteiger partial charge >= 0.3 is 5.97 Å². The summed E-state index contributed by atoms with van der Waals surface area (Å²) >= 11 is 11.9. The maximum absolute atomic E-state index is 10.5. The van der Waals surface area contributed by atoms with Crippen LogP contribution in [0, 0.1) is 0 Å². The quantitative estimate of drug-likeness (QED) is 0.907. The van der Waals surface area contributed by atoms with Crippen molar-refractivity contribution in [1.82, 2.24) is 9.97 Å². The minimum absolute atomic E-state index is 0.0681. The number of nitrogens with zero attached hydrogens (tertiary/aromatic N) is 1. The predicted octanol–water partition coefficient (Wildman–Crippen LogP) is 2.93. The van der Waals surface area contributed by atoms with Crippen molar-refractivity contribution in [1.29, 1.82) is 0 Å². The number of rotatable bonds is 4. The number of H-pyrrole nitrogens is 1. The minimum atomic E-state index is -0.894. The fraction of sp³-hybridized carbons (Fsp3) is 0.167. The fourth-order valence-electron chi connectivity index (χ4n) is 1.59. The van der Waals surface area contributed by atoms with Crippen molar-refractivity contribution < 1.29 is 9.90 Å². The van der Waals surface area contributed by atoms with Gasteiger partial charge in [0.2, 0.25) is 0 Å². The molecule has 18 heavy (non-hydrogen) atoms. The standard InChI is InChI=1S/C12H10Cl2N2O2/c13-8-2-1-7(10(14)4-8)3-11-15-6-9(16-11)5-12(17)18/h1-2,4,6H,3,5H2,(H,15,16)(H,17,18). The van der Waals surface area contributed by atoms with Crippen LogP contribution in [0.25, 0.3) is 0 Å². The zero-order chi connectivity index (χ0) is 13.1. The molecule has 0 saturated heterocycles. The van der Waals surface area contributed by atoms with Gasteiger partial charge in [0.05, 0.1) is 6.42 Å². The molecule has 0 unspecified atom stereocenters. The molecule has 1 aromatic heterocycles. The molecule has 0 saturated carbocycles. The summed E-state index contributed by atoms with van der Waals surface area (Å²) in [5, 5.41) is 9.80. The Labute approximate surface area is 114 Å². The number of carbonyl (C=O) groups is 1. The van der Waals surface area contributed by atoms with Gasteiger partial charge in [-0.3, -0.25) is 4.79 Å². The first-order chi connectivity index (χ1) is 8.54. The lowest BCUT2D eigenvalue weighted by Crippen LogP contribution is -2.00. The zero-order valence-corrected chi connectivity index (χ0v) is 10.8. The molecule has 2 aromatic rings. The minimum Gasteiger partial charge on any atom is -0.481 e. The lowest BCUT2D eigenvalue weighted by atomic mass is 10.1. The second-order valence-corrected chi connectivity index (χ2v) is 4.68. The van der Waals surface area contributed by atoms with E-state index in [0.717, 1.165) is 5.56 Å². The highest BCUT2D eigenvalue weighted by Gasteiger charge is 2.08. The number of imidazole rings is 1. The van der Waals surface area contributed by atoms with Crippen LogP contribution < -0.4 is 0 Å². The van der Waals surface area contributed by atoms with Gasteiger partial charge < -0.3 is 10.1 Å². The number of benzene rings is 1. The van der Waals surface area contributed by atoms with Crippen LogP contribution in [0.4, 0.5) is 0 Å². The van der Waals surface area contributed by atoms with Crippen LogP contribution in [-0.4, -0.2) is 21.0 Å². The number of carboxylic acids is 1. The van der Waals surface area contributed by atoms with E-state index in [1.165, 1.54) is 6.20 Å². The Balaban J connectivity index is 2.13. The van der Waals surface area contributed by atoms with E-state index in [0.29, 0.717) is 28.0 Å². The summed E-state index contributed by atoms with van der Waals surface area (Å²) in [6, 6.07) is 5.24. The SMILES string of the molecule is O=C(O)Cc1cnc(Cc2ccc(Cl)cc2Cl)[nH]1. The Kier molecular flexibility index (Phi) is 3.89. The molecule has 1 aromatic carbocycles. The van der Waals surface area contributed by atoms with E-state index in [-0.39, 0.29) is 6.42 Å². The van der Waals surface area contributed by atoms with Crippen LogP contribution in [0.5, 0.6) is 0 Å². The lowest BCUT2D eigenvalue weighted by Gasteiger charge is -2.02. The third-order valence-corrected chi connectivity index (χ3v) is 2.98. The van der Waals surface area contributed by atoms with Crippen LogP contribution in [0.1, 0.15) is 17.1 Å². The highest BCUT2D eigenvalue weighted by atomic mass is 35.5. The second kappa shape index (κ2) is 5.42. The van der Waals surface area contributed by atoms with Crippen molar-refractivity contribution in [2.24, 2.45) is 0 Å². The molecule has 0 aliphatic rings. The van der Waals surface area contributed by atoms with E-state index in [4.69, 9.17) is 28.3 Å². The van der Waals surface area contributed by atoms with Gasteiger partial charge in [0, 0.05) is 28.4 Å². The van der Waals surface area contributed by atoms with Crippen LogP contribution in [0.2, 0.25) is 10.0 Å². The van der Waals surface area contributed by atoms with Gasteiger partial charge in [-0.25, -0.2) is 4.98 Å². The highest BCUT2D eigenvalue weighted by molar-refractivity contribution is 6.35. The summed E-state index contributed by atoms with van der Waals surface area (Å²) < 4.78 is 0. The first-order valence-electron chi connectivity index (χ1n) is 5.23. The summed E-state index contributed by atoms with van der Waals surface area (Å²) in [4.78, 5) is 17.6. The molecule has 0 atom stereocenters. The highest BCUT2D eigenvalue weighted by Crippen LogP contribution is 2.22. The molecule has 1 heterocycles. The number of aliphatic carboxylic acids is 1. The topological polar surface area (TPSA) is 66.0 Å². The van der Waals surface area contributed by atoms with Crippen molar-refractivity contribution in [2.45, 2.75) is 12.8 Å². The normalized spacial score (nSPS) is 10.6. The second-order valence-electron chi connectivity index (χ2n) is 3.84.